The highest BCUT2D eigenvalue weighted by atomic mass is 16.6. The Balaban J connectivity index is 3.47. The van der Waals surface area contributed by atoms with Crippen molar-refractivity contribution in [3.8, 4) is 0 Å². The van der Waals surface area contributed by atoms with Gasteiger partial charge in [-0.3, -0.25) is 4.79 Å². The fraction of sp³-hybridized carbons (Fsp3) is 0.909. The SMILES string of the molecule is CC(C)COCCOC(=O)C(N)C(C)C. The minimum atomic E-state index is -0.532. The van der Waals surface area contributed by atoms with Crippen molar-refractivity contribution in [3.05, 3.63) is 0 Å². The standard InChI is InChI=1S/C11H23NO3/c1-8(2)7-14-5-6-15-11(13)10(12)9(3)4/h8-10H,5-7,12H2,1-4H3. The minimum Gasteiger partial charge on any atom is -0.462 e. The van der Waals surface area contributed by atoms with Gasteiger partial charge in [-0.2, -0.15) is 0 Å². The van der Waals surface area contributed by atoms with Gasteiger partial charge in [0, 0.05) is 6.61 Å². The third-order valence-electron chi connectivity index (χ3n) is 1.91. The molecule has 0 aliphatic heterocycles. The average molecular weight is 217 g/mol. The van der Waals surface area contributed by atoms with Crippen molar-refractivity contribution in [3.63, 3.8) is 0 Å². The third kappa shape index (κ3) is 7.33. The molecule has 4 nitrogen and oxygen atoms in total. The van der Waals surface area contributed by atoms with Crippen LogP contribution in [-0.2, 0) is 14.3 Å². The predicted molar refractivity (Wildman–Crippen MR) is 59.4 cm³/mol. The van der Waals surface area contributed by atoms with Crippen LogP contribution in [0.3, 0.4) is 0 Å². The van der Waals surface area contributed by atoms with Crippen molar-refractivity contribution in [1.29, 1.82) is 0 Å². The molecule has 1 unspecified atom stereocenters. The van der Waals surface area contributed by atoms with Crippen molar-refractivity contribution in [2.24, 2.45) is 17.6 Å². The monoisotopic (exact) mass is 217 g/mol. The van der Waals surface area contributed by atoms with E-state index in [2.05, 4.69) is 13.8 Å². The van der Waals surface area contributed by atoms with E-state index in [1.54, 1.807) is 0 Å². The Morgan fingerprint density at radius 1 is 1.20 bits per heavy atom. The van der Waals surface area contributed by atoms with E-state index in [0.717, 1.165) is 0 Å². The molecule has 0 saturated carbocycles. The molecule has 0 aliphatic carbocycles. The Morgan fingerprint density at radius 2 is 1.80 bits per heavy atom. The van der Waals surface area contributed by atoms with Gasteiger partial charge in [-0.05, 0) is 11.8 Å². The van der Waals surface area contributed by atoms with Gasteiger partial charge in [0.05, 0.1) is 6.61 Å². The van der Waals surface area contributed by atoms with E-state index in [1.807, 2.05) is 13.8 Å². The number of carbonyl (C=O) groups excluding carboxylic acids is 1. The first kappa shape index (κ1) is 14.4. The second-order valence-electron chi connectivity index (χ2n) is 4.41. The van der Waals surface area contributed by atoms with E-state index >= 15 is 0 Å². The highest BCUT2D eigenvalue weighted by molar-refractivity contribution is 5.75. The summed E-state index contributed by atoms with van der Waals surface area (Å²) in [4.78, 5) is 11.3. The van der Waals surface area contributed by atoms with Crippen molar-refractivity contribution in [1.82, 2.24) is 0 Å². The first-order chi connectivity index (χ1) is 6.95. The molecule has 0 fully saturated rings. The molecule has 2 N–H and O–H groups in total. The van der Waals surface area contributed by atoms with E-state index in [9.17, 15) is 4.79 Å². The summed E-state index contributed by atoms with van der Waals surface area (Å²) in [6, 6.07) is -0.532. The van der Waals surface area contributed by atoms with E-state index in [-0.39, 0.29) is 18.5 Å². The molecule has 0 aromatic heterocycles. The molecule has 0 saturated heterocycles. The molecule has 90 valence electrons. The summed E-state index contributed by atoms with van der Waals surface area (Å²) in [7, 11) is 0. The Morgan fingerprint density at radius 3 is 2.27 bits per heavy atom. The van der Waals surface area contributed by atoms with Crippen LogP contribution in [-0.4, -0.2) is 31.8 Å². The second kappa shape index (κ2) is 7.65. The summed E-state index contributed by atoms with van der Waals surface area (Å²) in [6.07, 6.45) is 0. The van der Waals surface area contributed by atoms with E-state index in [0.29, 0.717) is 19.1 Å². The molecule has 0 amide bonds. The van der Waals surface area contributed by atoms with Crippen molar-refractivity contribution in [2.45, 2.75) is 33.7 Å². The molecular formula is C11H23NO3. The zero-order valence-electron chi connectivity index (χ0n) is 10.2. The number of hydrogen-bond acceptors (Lipinski definition) is 4. The van der Waals surface area contributed by atoms with E-state index < -0.39 is 6.04 Å². The quantitative estimate of drug-likeness (QED) is 0.514. The maximum absolute atomic E-state index is 11.3. The van der Waals surface area contributed by atoms with Gasteiger partial charge in [0.25, 0.3) is 0 Å². The summed E-state index contributed by atoms with van der Waals surface area (Å²) in [5, 5.41) is 0. The van der Waals surface area contributed by atoms with Crippen LogP contribution in [0.5, 0.6) is 0 Å². The van der Waals surface area contributed by atoms with Gasteiger partial charge in [-0.1, -0.05) is 27.7 Å². The highest BCUT2D eigenvalue weighted by Crippen LogP contribution is 2.00. The first-order valence-corrected chi connectivity index (χ1v) is 5.45. The number of carbonyl (C=O) groups is 1. The molecule has 4 heteroatoms. The highest BCUT2D eigenvalue weighted by Gasteiger charge is 2.18. The van der Waals surface area contributed by atoms with Crippen molar-refractivity contribution < 1.29 is 14.3 Å². The van der Waals surface area contributed by atoms with Gasteiger partial charge in [-0.25, -0.2) is 0 Å². The minimum absolute atomic E-state index is 0.106. The van der Waals surface area contributed by atoms with Crippen molar-refractivity contribution in [2.75, 3.05) is 19.8 Å². The van der Waals surface area contributed by atoms with Crippen LogP contribution in [0, 0.1) is 11.8 Å². The maximum Gasteiger partial charge on any atom is 0.323 e. The number of hydrogen-bond donors (Lipinski definition) is 1. The summed E-state index contributed by atoms with van der Waals surface area (Å²) in [5.41, 5.74) is 5.61. The lowest BCUT2D eigenvalue weighted by Crippen LogP contribution is -2.37. The van der Waals surface area contributed by atoms with Crippen LogP contribution in [0.25, 0.3) is 0 Å². The van der Waals surface area contributed by atoms with Gasteiger partial charge in [-0.15, -0.1) is 0 Å². The normalized spacial score (nSPS) is 13.3. The zero-order chi connectivity index (χ0) is 11.8. The van der Waals surface area contributed by atoms with Gasteiger partial charge in [0.1, 0.15) is 12.6 Å². The Labute approximate surface area is 92.1 Å². The molecule has 0 heterocycles. The maximum atomic E-state index is 11.3. The summed E-state index contributed by atoms with van der Waals surface area (Å²) < 4.78 is 10.2. The van der Waals surface area contributed by atoms with Crippen LogP contribution in [0.4, 0.5) is 0 Å². The van der Waals surface area contributed by atoms with E-state index in [4.69, 9.17) is 15.2 Å². The topological polar surface area (TPSA) is 61.5 Å². The number of nitrogens with two attached hydrogens (primary N) is 1. The fourth-order valence-corrected chi connectivity index (χ4v) is 0.889. The summed E-state index contributed by atoms with van der Waals surface area (Å²) >= 11 is 0. The van der Waals surface area contributed by atoms with Crippen LogP contribution in [0.1, 0.15) is 27.7 Å². The Kier molecular flexibility index (Phi) is 7.34. The molecule has 0 radical (unpaired) electrons. The van der Waals surface area contributed by atoms with Crippen molar-refractivity contribution >= 4 is 5.97 Å². The lowest BCUT2D eigenvalue weighted by atomic mass is 10.1. The molecule has 0 bridgehead atoms. The van der Waals surface area contributed by atoms with Gasteiger partial charge in [0.2, 0.25) is 0 Å². The van der Waals surface area contributed by atoms with Crippen LogP contribution < -0.4 is 5.73 Å². The lowest BCUT2D eigenvalue weighted by molar-refractivity contribution is -0.147. The molecule has 1 atom stereocenters. The molecular weight excluding hydrogens is 194 g/mol. The second-order valence-corrected chi connectivity index (χ2v) is 4.41. The lowest BCUT2D eigenvalue weighted by Gasteiger charge is -2.14. The number of rotatable bonds is 7. The summed E-state index contributed by atoms with van der Waals surface area (Å²) in [6.45, 7) is 9.33. The first-order valence-electron chi connectivity index (χ1n) is 5.45. The van der Waals surface area contributed by atoms with Gasteiger partial charge >= 0.3 is 5.97 Å². The molecule has 0 spiro atoms. The van der Waals surface area contributed by atoms with Crippen LogP contribution in [0.2, 0.25) is 0 Å². The van der Waals surface area contributed by atoms with Gasteiger partial charge < -0.3 is 15.2 Å². The number of ether oxygens (including phenoxy) is 2. The molecule has 0 rings (SSSR count). The average Bonchev–Trinajstić information content (AvgIpc) is 2.15. The predicted octanol–water partition coefficient (Wildman–Crippen LogP) is 1.19. The van der Waals surface area contributed by atoms with Gasteiger partial charge in [0.15, 0.2) is 0 Å². The molecule has 0 aromatic rings. The zero-order valence-corrected chi connectivity index (χ0v) is 10.2. The Hall–Kier alpha value is -0.610. The molecule has 0 aromatic carbocycles. The smallest absolute Gasteiger partial charge is 0.323 e. The molecule has 0 aliphatic rings. The molecule has 15 heavy (non-hydrogen) atoms. The largest absolute Gasteiger partial charge is 0.462 e. The number of esters is 1. The fourth-order valence-electron chi connectivity index (χ4n) is 0.889. The van der Waals surface area contributed by atoms with Crippen LogP contribution >= 0.6 is 0 Å². The Bertz CT molecular complexity index is 181. The third-order valence-corrected chi connectivity index (χ3v) is 1.91. The van der Waals surface area contributed by atoms with Crippen LogP contribution in [0.15, 0.2) is 0 Å². The van der Waals surface area contributed by atoms with E-state index in [1.165, 1.54) is 0 Å². The summed E-state index contributed by atoms with van der Waals surface area (Å²) in [5.74, 6) is 0.255.